The van der Waals surface area contributed by atoms with Crippen LogP contribution >= 0.6 is 43.2 Å². The third kappa shape index (κ3) is 2.27. The lowest BCUT2D eigenvalue weighted by Crippen LogP contribution is -2.07. The quantitative estimate of drug-likeness (QED) is 0.798. The number of aliphatic hydroxyl groups excluding tert-OH is 1. The highest BCUT2D eigenvalue weighted by Crippen LogP contribution is 2.38. The molecule has 1 unspecified atom stereocenters. The Morgan fingerprint density at radius 1 is 1.39 bits per heavy atom. The van der Waals surface area contributed by atoms with Crippen molar-refractivity contribution in [2.45, 2.75) is 25.4 Å². The monoisotopic (exact) mass is 388 g/mol. The summed E-state index contributed by atoms with van der Waals surface area (Å²) in [4.78, 5) is 10.1. The number of halogens is 2. The molecule has 6 heteroatoms. The number of aliphatic hydroxyl groups is 1. The maximum Gasteiger partial charge on any atom is 0.143 e. The minimum Gasteiger partial charge on any atom is -0.387 e. The van der Waals surface area contributed by atoms with E-state index in [2.05, 4.69) is 41.8 Å². The smallest absolute Gasteiger partial charge is 0.143 e. The summed E-state index contributed by atoms with van der Waals surface area (Å²) in [6.45, 7) is 0. The van der Waals surface area contributed by atoms with Gasteiger partial charge in [-0.1, -0.05) is 0 Å². The van der Waals surface area contributed by atoms with Crippen LogP contribution in [0.25, 0.3) is 10.7 Å². The summed E-state index contributed by atoms with van der Waals surface area (Å²) in [7, 11) is 0. The van der Waals surface area contributed by atoms with Crippen LogP contribution in [0.15, 0.2) is 21.2 Å². The molecule has 0 spiro atoms. The molecule has 18 heavy (non-hydrogen) atoms. The molecule has 0 aromatic carbocycles. The SMILES string of the molecule is OC1CCCc2sc(-c3ncc(Br)cc3Br)nc21. The second kappa shape index (κ2) is 5.00. The molecule has 1 N–H and O–H groups in total. The number of aromatic nitrogens is 2. The zero-order valence-electron chi connectivity index (χ0n) is 9.36. The van der Waals surface area contributed by atoms with Crippen molar-refractivity contribution < 1.29 is 5.11 Å². The van der Waals surface area contributed by atoms with Crippen molar-refractivity contribution >= 4 is 43.2 Å². The number of pyridine rings is 1. The van der Waals surface area contributed by atoms with E-state index in [0.717, 1.165) is 44.6 Å². The topological polar surface area (TPSA) is 46.0 Å². The number of aryl methyl sites for hydroxylation is 1. The Balaban J connectivity index is 2.07. The molecule has 1 aliphatic rings. The van der Waals surface area contributed by atoms with Crippen molar-refractivity contribution in [3.8, 4) is 10.7 Å². The zero-order valence-corrected chi connectivity index (χ0v) is 13.3. The summed E-state index contributed by atoms with van der Waals surface area (Å²) in [6, 6.07) is 1.96. The van der Waals surface area contributed by atoms with Crippen LogP contribution in [-0.4, -0.2) is 15.1 Å². The molecule has 0 aliphatic heterocycles. The Morgan fingerprint density at radius 3 is 2.94 bits per heavy atom. The van der Waals surface area contributed by atoms with E-state index in [9.17, 15) is 5.11 Å². The van der Waals surface area contributed by atoms with Crippen molar-refractivity contribution in [1.29, 1.82) is 0 Å². The fourth-order valence-electron chi connectivity index (χ4n) is 2.07. The largest absolute Gasteiger partial charge is 0.387 e. The average Bonchev–Trinajstić information content (AvgIpc) is 2.74. The molecule has 0 saturated carbocycles. The first-order chi connectivity index (χ1) is 8.65. The summed E-state index contributed by atoms with van der Waals surface area (Å²) < 4.78 is 1.84. The van der Waals surface area contributed by atoms with Gasteiger partial charge < -0.3 is 5.11 Å². The molecule has 0 fully saturated rings. The number of hydrogen-bond acceptors (Lipinski definition) is 4. The molecule has 3 rings (SSSR count). The fraction of sp³-hybridized carbons (Fsp3) is 0.333. The molecule has 0 bridgehead atoms. The van der Waals surface area contributed by atoms with Gasteiger partial charge in [0.25, 0.3) is 0 Å². The normalized spacial score (nSPS) is 18.7. The van der Waals surface area contributed by atoms with E-state index in [-0.39, 0.29) is 0 Å². The Morgan fingerprint density at radius 2 is 2.22 bits per heavy atom. The van der Waals surface area contributed by atoms with Gasteiger partial charge in [0.15, 0.2) is 0 Å². The van der Waals surface area contributed by atoms with Crippen LogP contribution in [-0.2, 0) is 6.42 Å². The minimum atomic E-state index is -0.409. The van der Waals surface area contributed by atoms with Crippen molar-refractivity contribution in [1.82, 2.24) is 9.97 Å². The Hall–Kier alpha value is -0.300. The Labute approximate surface area is 126 Å². The van der Waals surface area contributed by atoms with Gasteiger partial charge in [-0.3, -0.25) is 4.98 Å². The molecular weight excluding hydrogens is 380 g/mol. The fourth-order valence-corrected chi connectivity index (χ4v) is 4.54. The van der Waals surface area contributed by atoms with Gasteiger partial charge in [0.1, 0.15) is 10.7 Å². The van der Waals surface area contributed by atoms with Crippen LogP contribution < -0.4 is 0 Å². The first kappa shape index (κ1) is 12.7. The minimum absolute atomic E-state index is 0.409. The number of thiazole rings is 1. The average molecular weight is 390 g/mol. The van der Waals surface area contributed by atoms with Crippen molar-refractivity contribution in [3.63, 3.8) is 0 Å². The van der Waals surface area contributed by atoms with E-state index in [1.807, 2.05) is 6.07 Å². The summed E-state index contributed by atoms with van der Waals surface area (Å²) >= 11 is 8.52. The maximum absolute atomic E-state index is 9.94. The highest BCUT2D eigenvalue weighted by Gasteiger charge is 2.24. The third-order valence-electron chi connectivity index (χ3n) is 2.93. The van der Waals surface area contributed by atoms with Gasteiger partial charge in [0, 0.05) is 20.0 Å². The van der Waals surface area contributed by atoms with E-state index >= 15 is 0 Å². The first-order valence-electron chi connectivity index (χ1n) is 5.64. The van der Waals surface area contributed by atoms with Gasteiger partial charge in [-0.2, -0.15) is 0 Å². The van der Waals surface area contributed by atoms with Crippen molar-refractivity contribution in [2.24, 2.45) is 0 Å². The van der Waals surface area contributed by atoms with Crippen LogP contribution in [0.3, 0.4) is 0 Å². The first-order valence-corrected chi connectivity index (χ1v) is 8.04. The van der Waals surface area contributed by atoms with E-state index < -0.39 is 6.10 Å². The number of hydrogen-bond donors (Lipinski definition) is 1. The lowest BCUT2D eigenvalue weighted by Gasteiger charge is -2.14. The maximum atomic E-state index is 9.94. The molecule has 2 heterocycles. The van der Waals surface area contributed by atoms with Crippen LogP contribution in [0.1, 0.15) is 29.5 Å². The van der Waals surface area contributed by atoms with E-state index in [0.29, 0.717) is 0 Å². The van der Waals surface area contributed by atoms with Gasteiger partial charge in [-0.15, -0.1) is 11.3 Å². The van der Waals surface area contributed by atoms with E-state index in [1.165, 1.54) is 4.88 Å². The molecule has 1 aliphatic carbocycles. The molecule has 0 radical (unpaired) electrons. The van der Waals surface area contributed by atoms with Crippen LogP contribution in [0.5, 0.6) is 0 Å². The molecule has 94 valence electrons. The van der Waals surface area contributed by atoms with Crippen LogP contribution in [0.4, 0.5) is 0 Å². The molecule has 1 atom stereocenters. The summed E-state index contributed by atoms with van der Waals surface area (Å²) in [6.07, 6.45) is 4.21. The van der Waals surface area contributed by atoms with Gasteiger partial charge >= 0.3 is 0 Å². The van der Waals surface area contributed by atoms with Crippen molar-refractivity contribution in [2.75, 3.05) is 0 Å². The molecular formula is C12H10Br2N2OS. The van der Waals surface area contributed by atoms with Gasteiger partial charge in [0.2, 0.25) is 0 Å². The number of nitrogens with zero attached hydrogens (tertiary/aromatic N) is 2. The zero-order chi connectivity index (χ0) is 12.7. The second-order valence-electron chi connectivity index (χ2n) is 4.22. The second-order valence-corrected chi connectivity index (χ2v) is 7.07. The van der Waals surface area contributed by atoms with Gasteiger partial charge in [0.05, 0.1) is 11.8 Å². The van der Waals surface area contributed by atoms with Crippen molar-refractivity contribution in [3.05, 3.63) is 31.8 Å². The Kier molecular flexibility index (Phi) is 3.53. The van der Waals surface area contributed by atoms with Gasteiger partial charge in [-0.25, -0.2) is 4.98 Å². The highest BCUT2D eigenvalue weighted by molar-refractivity contribution is 9.11. The molecule has 2 aromatic heterocycles. The standard InChI is InChI=1S/C12H10Br2N2OS/c13-6-4-7(14)10(15-5-6)12-16-11-8(17)2-1-3-9(11)18-12/h4-5,8,17H,1-3H2. The molecule has 0 saturated heterocycles. The molecule has 0 amide bonds. The van der Waals surface area contributed by atoms with Crippen LogP contribution in [0, 0.1) is 0 Å². The molecule has 2 aromatic rings. The lowest BCUT2D eigenvalue weighted by molar-refractivity contribution is 0.153. The third-order valence-corrected chi connectivity index (χ3v) is 5.11. The number of fused-ring (bicyclic) bond motifs is 1. The highest BCUT2D eigenvalue weighted by atomic mass is 79.9. The van der Waals surface area contributed by atoms with Gasteiger partial charge in [-0.05, 0) is 57.2 Å². The summed E-state index contributed by atoms with van der Waals surface area (Å²) in [5, 5.41) is 10.8. The summed E-state index contributed by atoms with van der Waals surface area (Å²) in [5.41, 5.74) is 1.68. The van der Waals surface area contributed by atoms with E-state index in [4.69, 9.17) is 0 Å². The Bertz CT molecular complexity index is 600. The van der Waals surface area contributed by atoms with E-state index in [1.54, 1.807) is 17.5 Å². The predicted molar refractivity (Wildman–Crippen MR) is 78.6 cm³/mol. The van der Waals surface area contributed by atoms with Crippen LogP contribution in [0.2, 0.25) is 0 Å². The summed E-state index contributed by atoms with van der Waals surface area (Å²) in [5.74, 6) is 0. The molecule has 3 nitrogen and oxygen atoms in total. The number of rotatable bonds is 1. The lowest BCUT2D eigenvalue weighted by atomic mass is 10.0. The predicted octanol–water partition coefficient (Wildman–Crippen LogP) is 4.10.